The molecule has 3 unspecified atom stereocenters. The van der Waals surface area contributed by atoms with Crippen molar-refractivity contribution >= 4 is 16.9 Å². The Kier molecular flexibility index (Phi) is 2.44. The molecule has 2 saturated carbocycles. The van der Waals surface area contributed by atoms with Crippen LogP contribution in [0.5, 0.6) is 0 Å². The van der Waals surface area contributed by atoms with Gasteiger partial charge in [0.25, 0.3) is 0 Å². The molecule has 0 aromatic carbocycles. The van der Waals surface area contributed by atoms with E-state index < -0.39 is 0 Å². The van der Waals surface area contributed by atoms with Gasteiger partial charge in [-0.25, -0.2) is 0 Å². The SMILES string of the molecule is C1CNC(SCC2CC3CCC2C3)=N1. The van der Waals surface area contributed by atoms with Crippen LogP contribution in [0.15, 0.2) is 4.99 Å². The van der Waals surface area contributed by atoms with Gasteiger partial charge in [-0.1, -0.05) is 18.2 Å². The first kappa shape index (κ1) is 9.08. The Bertz CT molecular complexity index is 252. The number of hydrogen-bond acceptors (Lipinski definition) is 3. The minimum Gasteiger partial charge on any atom is -0.363 e. The molecule has 2 nitrogen and oxygen atoms in total. The molecular weight excluding hydrogens is 192 g/mol. The fourth-order valence-electron chi connectivity index (χ4n) is 3.24. The van der Waals surface area contributed by atoms with Gasteiger partial charge in [-0.3, -0.25) is 4.99 Å². The van der Waals surface area contributed by atoms with Gasteiger partial charge in [0.15, 0.2) is 5.17 Å². The second kappa shape index (κ2) is 3.76. The van der Waals surface area contributed by atoms with Crippen molar-refractivity contribution in [3.63, 3.8) is 0 Å². The molecule has 1 heterocycles. The zero-order valence-electron chi connectivity index (χ0n) is 8.54. The average molecular weight is 210 g/mol. The lowest BCUT2D eigenvalue weighted by Gasteiger charge is -2.20. The number of nitrogens with one attached hydrogen (secondary N) is 1. The van der Waals surface area contributed by atoms with E-state index >= 15 is 0 Å². The Morgan fingerprint density at radius 3 is 3.00 bits per heavy atom. The number of nitrogens with zero attached hydrogens (tertiary/aromatic N) is 1. The predicted octanol–water partition coefficient (Wildman–Crippen LogP) is 2.12. The van der Waals surface area contributed by atoms with Crippen LogP contribution in [0.25, 0.3) is 0 Å². The van der Waals surface area contributed by atoms with Crippen LogP contribution in [0.3, 0.4) is 0 Å². The summed E-state index contributed by atoms with van der Waals surface area (Å²) < 4.78 is 0. The lowest BCUT2D eigenvalue weighted by atomic mass is 9.90. The van der Waals surface area contributed by atoms with Gasteiger partial charge in [-0.05, 0) is 37.0 Å². The number of fused-ring (bicyclic) bond motifs is 2. The lowest BCUT2D eigenvalue weighted by Crippen LogP contribution is -2.19. The van der Waals surface area contributed by atoms with Crippen molar-refractivity contribution in [1.29, 1.82) is 0 Å². The third-order valence-electron chi connectivity index (χ3n) is 3.96. The van der Waals surface area contributed by atoms with Crippen molar-refractivity contribution in [2.24, 2.45) is 22.7 Å². The monoisotopic (exact) mass is 210 g/mol. The summed E-state index contributed by atoms with van der Waals surface area (Å²) in [6.45, 7) is 2.04. The number of thioether (sulfide) groups is 1. The molecule has 2 bridgehead atoms. The molecule has 0 aromatic rings. The van der Waals surface area contributed by atoms with E-state index in [0.717, 1.165) is 30.8 Å². The first-order valence-electron chi connectivity index (χ1n) is 5.83. The van der Waals surface area contributed by atoms with Crippen LogP contribution in [0, 0.1) is 17.8 Å². The highest BCUT2D eigenvalue weighted by Crippen LogP contribution is 2.49. The first-order chi connectivity index (χ1) is 6.92. The van der Waals surface area contributed by atoms with Crippen LogP contribution >= 0.6 is 11.8 Å². The van der Waals surface area contributed by atoms with E-state index in [1.54, 1.807) is 0 Å². The molecule has 3 atom stereocenters. The average Bonchev–Trinajstić information content (AvgIpc) is 2.91. The maximum atomic E-state index is 4.43. The molecule has 1 aliphatic heterocycles. The summed E-state index contributed by atoms with van der Waals surface area (Å²) in [7, 11) is 0. The summed E-state index contributed by atoms with van der Waals surface area (Å²) in [5.74, 6) is 4.47. The minimum absolute atomic E-state index is 0.985. The quantitative estimate of drug-likeness (QED) is 0.755. The molecule has 78 valence electrons. The topological polar surface area (TPSA) is 24.4 Å². The van der Waals surface area contributed by atoms with Gasteiger partial charge in [0, 0.05) is 12.3 Å². The summed E-state index contributed by atoms with van der Waals surface area (Å²) in [5, 5.41) is 4.54. The van der Waals surface area contributed by atoms with Crippen molar-refractivity contribution in [2.75, 3.05) is 18.8 Å². The number of rotatable bonds is 2. The number of amidine groups is 1. The largest absolute Gasteiger partial charge is 0.363 e. The van der Waals surface area contributed by atoms with Crippen LogP contribution in [0.2, 0.25) is 0 Å². The van der Waals surface area contributed by atoms with E-state index in [-0.39, 0.29) is 0 Å². The molecule has 3 rings (SSSR count). The van der Waals surface area contributed by atoms with Gasteiger partial charge in [0.05, 0.1) is 6.54 Å². The maximum Gasteiger partial charge on any atom is 0.156 e. The molecule has 2 fully saturated rings. The highest BCUT2D eigenvalue weighted by Gasteiger charge is 2.39. The van der Waals surface area contributed by atoms with Crippen LogP contribution < -0.4 is 5.32 Å². The summed E-state index contributed by atoms with van der Waals surface area (Å²) in [4.78, 5) is 4.43. The highest BCUT2D eigenvalue weighted by atomic mass is 32.2. The molecule has 2 aliphatic carbocycles. The Morgan fingerprint density at radius 1 is 1.36 bits per heavy atom. The molecular formula is C11H18N2S. The van der Waals surface area contributed by atoms with Crippen molar-refractivity contribution in [3.8, 4) is 0 Å². The summed E-state index contributed by atoms with van der Waals surface area (Å²) in [5.41, 5.74) is 0. The number of aliphatic imine (C=N–C) groups is 1. The minimum atomic E-state index is 0.985. The van der Waals surface area contributed by atoms with Gasteiger partial charge in [0.2, 0.25) is 0 Å². The molecule has 1 N–H and O–H groups in total. The Balaban J connectivity index is 1.49. The molecule has 3 aliphatic rings. The van der Waals surface area contributed by atoms with Crippen LogP contribution in [-0.4, -0.2) is 24.0 Å². The fourth-order valence-corrected chi connectivity index (χ4v) is 4.41. The second-order valence-corrected chi connectivity index (χ2v) is 5.87. The summed E-state index contributed by atoms with van der Waals surface area (Å²) in [6, 6.07) is 0. The Hall–Kier alpha value is -0.180. The predicted molar refractivity (Wildman–Crippen MR) is 61.7 cm³/mol. The molecule has 0 aromatic heterocycles. The number of hydrogen-bond donors (Lipinski definition) is 1. The third kappa shape index (κ3) is 1.67. The van der Waals surface area contributed by atoms with E-state index in [1.807, 2.05) is 11.8 Å². The molecule has 0 spiro atoms. The molecule has 0 radical (unpaired) electrons. The van der Waals surface area contributed by atoms with E-state index in [2.05, 4.69) is 10.3 Å². The van der Waals surface area contributed by atoms with Gasteiger partial charge in [0.1, 0.15) is 0 Å². The molecule has 0 amide bonds. The highest BCUT2D eigenvalue weighted by molar-refractivity contribution is 8.13. The van der Waals surface area contributed by atoms with Gasteiger partial charge < -0.3 is 5.32 Å². The van der Waals surface area contributed by atoms with Crippen molar-refractivity contribution in [1.82, 2.24) is 5.32 Å². The zero-order valence-corrected chi connectivity index (χ0v) is 9.35. The van der Waals surface area contributed by atoms with Gasteiger partial charge in [-0.15, -0.1) is 0 Å². The van der Waals surface area contributed by atoms with Gasteiger partial charge >= 0.3 is 0 Å². The summed E-state index contributed by atoms with van der Waals surface area (Å²) in [6.07, 6.45) is 6.07. The fraction of sp³-hybridized carbons (Fsp3) is 0.909. The van der Waals surface area contributed by atoms with Crippen molar-refractivity contribution < 1.29 is 0 Å². The van der Waals surface area contributed by atoms with Crippen LogP contribution in [-0.2, 0) is 0 Å². The molecule has 0 saturated heterocycles. The van der Waals surface area contributed by atoms with E-state index in [9.17, 15) is 0 Å². The zero-order chi connectivity index (χ0) is 9.38. The normalized spacial score (nSPS) is 40.0. The van der Waals surface area contributed by atoms with E-state index in [1.165, 1.54) is 36.6 Å². The molecule has 14 heavy (non-hydrogen) atoms. The van der Waals surface area contributed by atoms with Crippen molar-refractivity contribution in [2.45, 2.75) is 25.7 Å². The van der Waals surface area contributed by atoms with Crippen LogP contribution in [0.1, 0.15) is 25.7 Å². The molecule has 3 heteroatoms. The van der Waals surface area contributed by atoms with Gasteiger partial charge in [-0.2, -0.15) is 0 Å². The van der Waals surface area contributed by atoms with Crippen molar-refractivity contribution in [3.05, 3.63) is 0 Å². The Morgan fingerprint density at radius 2 is 2.36 bits per heavy atom. The summed E-state index contributed by atoms with van der Waals surface area (Å²) >= 11 is 1.96. The first-order valence-corrected chi connectivity index (χ1v) is 6.81. The third-order valence-corrected chi connectivity index (χ3v) is 5.10. The smallest absolute Gasteiger partial charge is 0.156 e. The maximum absolute atomic E-state index is 4.43. The standard InChI is InChI=1S/C11H18N2S/c1-2-9-5-8(1)6-10(9)7-14-11-12-3-4-13-11/h8-10H,1-7H2,(H,12,13). The van der Waals surface area contributed by atoms with E-state index in [0.29, 0.717) is 0 Å². The second-order valence-electron chi connectivity index (χ2n) is 4.86. The van der Waals surface area contributed by atoms with Crippen LogP contribution in [0.4, 0.5) is 0 Å². The lowest BCUT2D eigenvalue weighted by molar-refractivity contribution is 0.366. The van der Waals surface area contributed by atoms with E-state index in [4.69, 9.17) is 0 Å². The Labute approximate surface area is 89.9 Å².